The summed E-state index contributed by atoms with van der Waals surface area (Å²) in [7, 11) is 0. The number of aryl methyl sites for hydroxylation is 1. The van der Waals surface area contributed by atoms with Gasteiger partial charge in [0.25, 0.3) is 5.91 Å². The van der Waals surface area contributed by atoms with Gasteiger partial charge in [0.15, 0.2) is 0 Å². The van der Waals surface area contributed by atoms with Crippen molar-refractivity contribution in [2.24, 2.45) is 0 Å². The summed E-state index contributed by atoms with van der Waals surface area (Å²) in [4.78, 5) is 24.7. The van der Waals surface area contributed by atoms with Crippen LogP contribution in [0.5, 0.6) is 0 Å². The Kier molecular flexibility index (Phi) is 3.15. The van der Waals surface area contributed by atoms with Crippen molar-refractivity contribution in [1.29, 1.82) is 0 Å². The van der Waals surface area contributed by atoms with Crippen molar-refractivity contribution in [1.82, 2.24) is 4.90 Å². The molecule has 1 aliphatic heterocycles. The van der Waals surface area contributed by atoms with Crippen LogP contribution >= 0.6 is 11.8 Å². The summed E-state index contributed by atoms with van der Waals surface area (Å²) in [5.74, 6) is -0.292. The molecule has 5 nitrogen and oxygen atoms in total. The number of carbonyl (C=O) groups is 2. The quantitative estimate of drug-likeness (QED) is 0.868. The van der Waals surface area contributed by atoms with Gasteiger partial charge in [-0.05, 0) is 19.9 Å². The molecule has 1 aromatic rings. The maximum Gasteiger partial charge on any atom is 0.327 e. The molecule has 0 aromatic carbocycles. The van der Waals surface area contributed by atoms with Crippen molar-refractivity contribution in [2.75, 3.05) is 5.75 Å². The van der Waals surface area contributed by atoms with Crippen LogP contribution in [0.25, 0.3) is 0 Å². The van der Waals surface area contributed by atoms with Gasteiger partial charge in [-0.2, -0.15) is 0 Å². The Balaban J connectivity index is 2.29. The molecule has 2 heterocycles. The van der Waals surface area contributed by atoms with E-state index in [9.17, 15) is 9.59 Å². The zero-order valence-electron chi connectivity index (χ0n) is 9.54. The Bertz CT molecular complexity index is 456. The lowest BCUT2D eigenvalue weighted by Crippen LogP contribution is -2.44. The molecule has 2 atom stereocenters. The van der Waals surface area contributed by atoms with Gasteiger partial charge in [-0.1, -0.05) is 0 Å². The van der Waals surface area contributed by atoms with Gasteiger partial charge < -0.3 is 14.4 Å². The van der Waals surface area contributed by atoms with Gasteiger partial charge >= 0.3 is 5.97 Å². The third kappa shape index (κ3) is 2.04. The number of furan rings is 1. The SMILES string of the molecule is Cc1occc1C(=O)N1C(C)SCC1C(=O)O. The van der Waals surface area contributed by atoms with E-state index < -0.39 is 12.0 Å². The van der Waals surface area contributed by atoms with Gasteiger partial charge in [-0.25, -0.2) is 4.79 Å². The summed E-state index contributed by atoms with van der Waals surface area (Å²) < 4.78 is 5.07. The van der Waals surface area contributed by atoms with E-state index in [4.69, 9.17) is 9.52 Å². The minimum absolute atomic E-state index is 0.127. The summed E-state index contributed by atoms with van der Waals surface area (Å²) >= 11 is 1.47. The highest BCUT2D eigenvalue weighted by atomic mass is 32.2. The summed E-state index contributed by atoms with van der Waals surface area (Å²) in [5.41, 5.74) is 0.436. The zero-order valence-corrected chi connectivity index (χ0v) is 10.4. The van der Waals surface area contributed by atoms with Crippen LogP contribution in [-0.2, 0) is 4.79 Å². The normalized spacial score (nSPS) is 24.0. The van der Waals surface area contributed by atoms with Gasteiger partial charge in [-0.15, -0.1) is 11.8 Å². The van der Waals surface area contributed by atoms with Crippen molar-refractivity contribution in [3.8, 4) is 0 Å². The van der Waals surface area contributed by atoms with E-state index in [1.807, 2.05) is 6.92 Å². The van der Waals surface area contributed by atoms with Crippen LogP contribution in [0.4, 0.5) is 0 Å². The topological polar surface area (TPSA) is 70.8 Å². The molecular formula is C11H13NO4S. The Hall–Kier alpha value is -1.43. The Morgan fingerprint density at radius 1 is 1.59 bits per heavy atom. The fraction of sp³-hybridized carbons (Fsp3) is 0.455. The van der Waals surface area contributed by atoms with Crippen molar-refractivity contribution in [2.45, 2.75) is 25.3 Å². The van der Waals surface area contributed by atoms with E-state index in [-0.39, 0.29) is 11.3 Å². The maximum absolute atomic E-state index is 12.2. The van der Waals surface area contributed by atoms with Crippen molar-refractivity contribution < 1.29 is 19.1 Å². The number of hydrogen-bond acceptors (Lipinski definition) is 4. The predicted molar refractivity (Wildman–Crippen MR) is 63.0 cm³/mol. The van der Waals surface area contributed by atoms with Gasteiger partial charge in [-0.3, -0.25) is 4.79 Å². The Morgan fingerprint density at radius 3 is 2.82 bits per heavy atom. The van der Waals surface area contributed by atoms with Crippen LogP contribution < -0.4 is 0 Å². The highest BCUT2D eigenvalue weighted by molar-refractivity contribution is 8.00. The van der Waals surface area contributed by atoms with Crippen LogP contribution in [0.3, 0.4) is 0 Å². The minimum atomic E-state index is -0.962. The number of carboxylic acid groups (broad SMARTS) is 1. The molecule has 0 aliphatic carbocycles. The number of thioether (sulfide) groups is 1. The average Bonchev–Trinajstić information content (AvgIpc) is 2.83. The molecule has 1 N–H and O–H groups in total. The molecule has 17 heavy (non-hydrogen) atoms. The third-order valence-electron chi connectivity index (χ3n) is 2.83. The summed E-state index contributed by atoms with van der Waals surface area (Å²) in [5, 5.41) is 8.96. The van der Waals surface area contributed by atoms with Crippen LogP contribution in [-0.4, -0.2) is 39.1 Å². The van der Waals surface area contributed by atoms with Crippen LogP contribution in [0, 0.1) is 6.92 Å². The van der Waals surface area contributed by atoms with E-state index in [2.05, 4.69) is 0 Å². The van der Waals surface area contributed by atoms with E-state index in [1.54, 1.807) is 13.0 Å². The molecule has 2 unspecified atom stereocenters. The lowest BCUT2D eigenvalue weighted by molar-refractivity contribution is -0.141. The van der Waals surface area contributed by atoms with Crippen molar-refractivity contribution in [3.63, 3.8) is 0 Å². The molecule has 2 rings (SSSR count). The number of carbonyl (C=O) groups excluding carboxylic acids is 1. The number of carboxylic acids is 1. The molecule has 1 fully saturated rings. The highest BCUT2D eigenvalue weighted by Crippen LogP contribution is 2.30. The molecule has 0 saturated carbocycles. The second-order valence-corrected chi connectivity index (χ2v) is 5.24. The van der Waals surface area contributed by atoms with E-state index in [0.717, 1.165) is 0 Å². The second-order valence-electron chi connectivity index (χ2n) is 3.89. The van der Waals surface area contributed by atoms with Crippen LogP contribution in [0.15, 0.2) is 16.7 Å². The van der Waals surface area contributed by atoms with Crippen LogP contribution in [0.1, 0.15) is 23.0 Å². The number of rotatable bonds is 2. The number of nitrogens with zero attached hydrogens (tertiary/aromatic N) is 1. The Morgan fingerprint density at radius 2 is 2.29 bits per heavy atom. The fourth-order valence-corrected chi connectivity index (χ4v) is 3.05. The fourth-order valence-electron chi connectivity index (χ4n) is 1.89. The standard InChI is InChI=1S/C11H13NO4S/c1-6-8(3-4-16-6)10(13)12-7(2)17-5-9(12)11(14)15/h3-4,7,9H,5H2,1-2H3,(H,14,15). The molecule has 1 aliphatic rings. The lowest BCUT2D eigenvalue weighted by atomic mass is 10.2. The van der Waals surface area contributed by atoms with Gasteiger partial charge in [0.05, 0.1) is 17.2 Å². The molecule has 0 radical (unpaired) electrons. The molecule has 1 amide bonds. The third-order valence-corrected chi connectivity index (χ3v) is 4.05. The highest BCUT2D eigenvalue weighted by Gasteiger charge is 2.40. The number of amides is 1. The van der Waals surface area contributed by atoms with Crippen LogP contribution in [0.2, 0.25) is 0 Å². The van der Waals surface area contributed by atoms with E-state index in [1.165, 1.54) is 22.9 Å². The minimum Gasteiger partial charge on any atom is -0.480 e. The van der Waals surface area contributed by atoms with Gasteiger partial charge in [0, 0.05) is 5.75 Å². The van der Waals surface area contributed by atoms with Gasteiger partial charge in [0.2, 0.25) is 0 Å². The monoisotopic (exact) mass is 255 g/mol. The lowest BCUT2D eigenvalue weighted by Gasteiger charge is -2.24. The smallest absolute Gasteiger partial charge is 0.327 e. The second kappa shape index (κ2) is 4.44. The first-order valence-electron chi connectivity index (χ1n) is 5.23. The summed E-state index contributed by atoms with van der Waals surface area (Å²) in [6.07, 6.45) is 1.44. The summed E-state index contributed by atoms with van der Waals surface area (Å²) in [6.45, 7) is 3.53. The zero-order chi connectivity index (χ0) is 12.6. The Labute approximate surface area is 103 Å². The predicted octanol–water partition coefficient (Wildman–Crippen LogP) is 1.58. The number of aliphatic carboxylic acids is 1. The maximum atomic E-state index is 12.2. The van der Waals surface area contributed by atoms with Crippen molar-refractivity contribution in [3.05, 3.63) is 23.7 Å². The van der Waals surface area contributed by atoms with Gasteiger partial charge in [0.1, 0.15) is 11.8 Å². The molecular weight excluding hydrogens is 242 g/mol. The first-order chi connectivity index (χ1) is 8.02. The molecule has 0 bridgehead atoms. The first-order valence-corrected chi connectivity index (χ1v) is 6.28. The summed E-state index contributed by atoms with van der Waals surface area (Å²) in [6, 6.07) is 0.823. The molecule has 6 heteroatoms. The molecule has 1 aromatic heterocycles. The largest absolute Gasteiger partial charge is 0.480 e. The number of hydrogen-bond donors (Lipinski definition) is 1. The molecule has 0 spiro atoms. The molecule has 92 valence electrons. The van der Waals surface area contributed by atoms with Crippen molar-refractivity contribution >= 4 is 23.6 Å². The van der Waals surface area contributed by atoms with E-state index in [0.29, 0.717) is 17.1 Å². The first kappa shape index (κ1) is 12.0. The molecule has 1 saturated heterocycles. The van der Waals surface area contributed by atoms with E-state index >= 15 is 0 Å². The average molecular weight is 255 g/mol.